The normalized spacial score (nSPS) is 17.9. The molecule has 1 unspecified atom stereocenters. The first kappa shape index (κ1) is 25.0. The molecule has 1 atom stereocenters. The van der Waals surface area contributed by atoms with Crippen molar-refractivity contribution < 1.29 is 38.8 Å². The van der Waals surface area contributed by atoms with Gasteiger partial charge in [-0.2, -0.15) is 0 Å². The Hall–Kier alpha value is -4.64. The second-order valence-corrected chi connectivity index (χ2v) is 9.40. The van der Waals surface area contributed by atoms with Gasteiger partial charge in [0.1, 0.15) is 36.2 Å². The van der Waals surface area contributed by atoms with E-state index in [2.05, 4.69) is 11.6 Å². The average molecular weight is 535 g/mol. The zero-order valence-corrected chi connectivity index (χ0v) is 21.0. The number of ether oxygens (including phenoxy) is 3. The molecule has 0 bridgehead atoms. The molecule has 0 saturated carbocycles. The maximum Gasteiger partial charge on any atom is 0.350 e. The predicted octanol–water partition coefficient (Wildman–Crippen LogP) is 3.90. The van der Waals surface area contributed by atoms with Crippen molar-refractivity contribution in [1.29, 1.82) is 0 Å². The number of aromatic hydroxyl groups is 1. The molecule has 0 radical (unpaired) electrons. The molecule has 1 amide bonds. The van der Waals surface area contributed by atoms with Crippen LogP contribution in [0.5, 0.6) is 17.2 Å². The van der Waals surface area contributed by atoms with Crippen molar-refractivity contribution >= 4 is 39.9 Å². The van der Waals surface area contributed by atoms with Crippen LogP contribution in [0.3, 0.4) is 0 Å². The van der Waals surface area contributed by atoms with Crippen molar-refractivity contribution in [2.75, 3.05) is 24.7 Å². The summed E-state index contributed by atoms with van der Waals surface area (Å²) >= 11 is 0.882. The quantitative estimate of drug-likeness (QED) is 0.159. The van der Waals surface area contributed by atoms with Crippen LogP contribution in [0.1, 0.15) is 32.5 Å². The first-order valence-corrected chi connectivity index (χ1v) is 12.4. The van der Waals surface area contributed by atoms with Crippen LogP contribution in [-0.2, 0) is 14.3 Å². The Morgan fingerprint density at radius 1 is 1.21 bits per heavy atom. The highest BCUT2D eigenvalue weighted by atomic mass is 32.1. The molecule has 1 aromatic heterocycles. The van der Waals surface area contributed by atoms with Gasteiger partial charge in [-0.05, 0) is 42.8 Å². The number of aromatic nitrogens is 1. The number of thiazole rings is 1. The third-order valence-corrected chi connectivity index (χ3v) is 7.09. The smallest absolute Gasteiger partial charge is 0.350 e. The van der Waals surface area contributed by atoms with E-state index in [9.17, 15) is 24.6 Å². The van der Waals surface area contributed by atoms with Gasteiger partial charge in [0.15, 0.2) is 16.6 Å². The fraction of sp³-hybridized carbons (Fsp3) is 0.185. The third kappa shape index (κ3) is 4.37. The molecule has 3 aromatic rings. The summed E-state index contributed by atoms with van der Waals surface area (Å²) in [6.07, 6.45) is 1.42. The summed E-state index contributed by atoms with van der Waals surface area (Å²) in [6, 6.07) is 9.54. The minimum absolute atomic E-state index is 0.00511. The summed E-state index contributed by atoms with van der Waals surface area (Å²) < 4.78 is 16.2. The lowest BCUT2D eigenvalue weighted by atomic mass is 9.95. The number of aryl methyl sites for hydroxylation is 1. The fourth-order valence-corrected chi connectivity index (χ4v) is 5.25. The summed E-state index contributed by atoms with van der Waals surface area (Å²) in [4.78, 5) is 44.9. The minimum Gasteiger partial charge on any atom is -0.508 e. The zero-order chi connectivity index (χ0) is 27.0. The molecule has 3 heterocycles. The van der Waals surface area contributed by atoms with Gasteiger partial charge in [0.05, 0.1) is 17.3 Å². The fourth-order valence-electron chi connectivity index (χ4n) is 4.26. The van der Waals surface area contributed by atoms with Crippen LogP contribution in [-0.4, -0.2) is 52.7 Å². The Morgan fingerprint density at radius 3 is 2.71 bits per heavy atom. The summed E-state index contributed by atoms with van der Waals surface area (Å²) in [5.74, 6) is -2.19. The van der Waals surface area contributed by atoms with Gasteiger partial charge in [-0.1, -0.05) is 36.1 Å². The lowest BCUT2D eigenvalue weighted by Gasteiger charge is -2.23. The number of carbonyl (C=O) groups excluding carboxylic acids is 3. The van der Waals surface area contributed by atoms with E-state index >= 15 is 0 Å². The van der Waals surface area contributed by atoms with Crippen LogP contribution in [0.25, 0.3) is 5.76 Å². The molecular weight excluding hydrogens is 512 g/mol. The number of nitrogens with zero attached hydrogens (tertiary/aromatic N) is 2. The maximum atomic E-state index is 13.4. The van der Waals surface area contributed by atoms with E-state index in [0.29, 0.717) is 36.0 Å². The van der Waals surface area contributed by atoms with Crippen molar-refractivity contribution in [2.24, 2.45) is 0 Å². The van der Waals surface area contributed by atoms with Gasteiger partial charge in [0, 0.05) is 5.56 Å². The van der Waals surface area contributed by atoms with Crippen molar-refractivity contribution in [3.8, 4) is 17.2 Å². The topological polar surface area (TPSA) is 135 Å². The molecule has 194 valence electrons. The van der Waals surface area contributed by atoms with Gasteiger partial charge in [-0.25, -0.2) is 9.78 Å². The molecule has 38 heavy (non-hydrogen) atoms. The van der Waals surface area contributed by atoms with E-state index in [-0.39, 0.29) is 33.5 Å². The Bertz CT molecular complexity index is 1510. The van der Waals surface area contributed by atoms with Crippen molar-refractivity contribution in [3.05, 3.63) is 82.4 Å². The largest absolute Gasteiger partial charge is 0.508 e. The number of hydrogen-bond donors (Lipinski definition) is 2. The molecule has 2 aliphatic rings. The molecule has 1 saturated heterocycles. The molecule has 0 spiro atoms. The van der Waals surface area contributed by atoms with E-state index in [1.54, 1.807) is 31.2 Å². The first-order chi connectivity index (χ1) is 18.3. The number of anilines is 1. The van der Waals surface area contributed by atoms with Crippen LogP contribution in [0.2, 0.25) is 0 Å². The van der Waals surface area contributed by atoms with E-state index in [0.717, 1.165) is 16.2 Å². The molecule has 2 N–H and O–H groups in total. The number of phenols is 1. The first-order valence-electron chi connectivity index (χ1n) is 11.6. The van der Waals surface area contributed by atoms with E-state index < -0.39 is 29.5 Å². The summed E-state index contributed by atoms with van der Waals surface area (Å²) in [7, 11) is 0. The SMILES string of the molecule is C=CCOC(=O)c1sc(N2C(=O)C(=O)C(=C(O)c3ccc4c(c3)OCCO4)C2c2cccc(O)c2)nc1C. The number of phenolic OH excluding ortho intramolecular Hbond substituents is 1. The molecule has 10 nitrogen and oxygen atoms in total. The van der Waals surface area contributed by atoms with Crippen molar-refractivity contribution in [1.82, 2.24) is 4.98 Å². The Morgan fingerprint density at radius 2 is 1.97 bits per heavy atom. The van der Waals surface area contributed by atoms with E-state index in [4.69, 9.17) is 14.2 Å². The van der Waals surface area contributed by atoms with Gasteiger partial charge in [-0.3, -0.25) is 14.5 Å². The van der Waals surface area contributed by atoms with Gasteiger partial charge in [0.2, 0.25) is 0 Å². The molecule has 2 aromatic carbocycles. The lowest BCUT2D eigenvalue weighted by molar-refractivity contribution is -0.132. The zero-order valence-electron chi connectivity index (χ0n) is 20.2. The van der Waals surface area contributed by atoms with Crippen molar-refractivity contribution in [3.63, 3.8) is 0 Å². The number of Topliss-reactive ketones (excluding diaryl/α,β-unsaturated/α-hetero) is 1. The van der Waals surface area contributed by atoms with E-state index in [1.165, 1.54) is 24.3 Å². The number of hydrogen-bond acceptors (Lipinski definition) is 10. The summed E-state index contributed by atoms with van der Waals surface area (Å²) in [5, 5.41) is 21.6. The number of benzene rings is 2. The number of esters is 1. The van der Waals surface area contributed by atoms with Gasteiger partial charge in [0.25, 0.3) is 5.78 Å². The standard InChI is InChI=1S/C27H22N2O8S/c1-3-9-37-26(34)24-14(2)28-27(38-24)29-21(15-5-4-6-17(30)12-15)20(23(32)25(29)33)22(31)16-7-8-18-19(13-16)36-11-10-35-18/h3-8,12-13,21,30-31H,1,9-11H2,2H3. The monoisotopic (exact) mass is 534 g/mol. The number of amides is 1. The predicted molar refractivity (Wildman–Crippen MR) is 138 cm³/mol. The van der Waals surface area contributed by atoms with Crippen LogP contribution in [0.15, 0.2) is 60.7 Å². The molecule has 11 heteroatoms. The highest BCUT2D eigenvalue weighted by Gasteiger charge is 2.48. The second-order valence-electron chi connectivity index (χ2n) is 8.42. The van der Waals surface area contributed by atoms with Crippen LogP contribution in [0.4, 0.5) is 5.13 Å². The number of fused-ring (bicyclic) bond motifs is 1. The van der Waals surface area contributed by atoms with Gasteiger partial charge < -0.3 is 24.4 Å². The average Bonchev–Trinajstić information content (AvgIpc) is 3.43. The van der Waals surface area contributed by atoms with Gasteiger partial charge in [-0.15, -0.1) is 0 Å². The molecule has 5 rings (SSSR count). The highest BCUT2D eigenvalue weighted by molar-refractivity contribution is 7.17. The number of aliphatic hydroxyl groups is 1. The highest BCUT2D eigenvalue weighted by Crippen LogP contribution is 2.45. The molecule has 2 aliphatic heterocycles. The Labute approximate surface area is 221 Å². The van der Waals surface area contributed by atoms with Gasteiger partial charge >= 0.3 is 11.9 Å². The van der Waals surface area contributed by atoms with Crippen LogP contribution in [0, 0.1) is 6.92 Å². The molecular formula is C27H22N2O8S. The second kappa shape index (κ2) is 10.0. The minimum atomic E-state index is -1.14. The van der Waals surface area contributed by atoms with Crippen molar-refractivity contribution in [2.45, 2.75) is 13.0 Å². The number of rotatable bonds is 6. The lowest BCUT2D eigenvalue weighted by Crippen LogP contribution is -2.29. The number of ketones is 1. The number of carbonyl (C=O) groups is 3. The molecule has 1 fully saturated rings. The van der Waals surface area contributed by atoms with Crippen LogP contribution >= 0.6 is 11.3 Å². The van der Waals surface area contributed by atoms with Crippen LogP contribution < -0.4 is 14.4 Å². The Balaban J connectivity index is 1.65. The Kier molecular flexibility index (Phi) is 6.60. The molecule has 0 aliphatic carbocycles. The summed E-state index contributed by atoms with van der Waals surface area (Å²) in [5.41, 5.74) is 0.691. The number of aliphatic hydroxyl groups excluding tert-OH is 1. The third-order valence-electron chi connectivity index (χ3n) is 5.96. The summed E-state index contributed by atoms with van der Waals surface area (Å²) in [6.45, 7) is 5.80. The van der Waals surface area contributed by atoms with E-state index in [1.807, 2.05) is 0 Å². The maximum absolute atomic E-state index is 13.4.